The van der Waals surface area contributed by atoms with Gasteiger partial charge >= 0.3 is 17.3 Å². The van der Waals surface area contributed by atoms with E-state index in [1.807, 2.05) is 0 Å². The van der Waals surface area contributed by atoms with Gasteiger partial charge in [-0.25, -0.2) is 4.79 Å². The van der Waals surface area contributed by atoms with Crippen molar-refractivity contribution < 1.29 is 24.9 Å². The minimum Gasteiger partial charge on any atom is -0.501 e. The van der Waals surface area contributed by atoms with Crippen molar-refractivity contribution in [3.63, 3.8) is 0 Å². The Bertz CT molecular complexity index is 501. The third-order valence-electron chi connectivity index (χ3n) is 1.74. The fourth-order valence-electron chi connectivity index (χ4n) is 1.07. The van der Waals surface area contributed by atoms with Crippen LogP contribution in [0.5, 0.6) is 5.75 Å². The molecule has 0 unspecified atom stereocenters. The summed E-state index contributed by atoms with van der Waals surface area (Å²) < 4.78 is 0. The Morgan fingerprint density at radius 3 is 2.06 bits per heavy atom. The summed E-state index contributed by atoms with van der Waals surface area (Å²) in [7, 11) is 0. The van der Waals surface area contributed by atoms with Crippen molar-refractivity contribution in [2.75, 3.05) is 0 Å². The number of carbonyl (C=O) groups is 1. The molecule has 0 aliphatic carbocycles. The average molecular weight is 267 g/mol. The predicted molar refractivity (Wildman–Crippen MR) is 54.1 cm³/mol. The maximum atomic E-state index is 10.5. The van der Waals surface area contributed by atoms with Crippen LogP contribution in [0.1, 0.15) is 10.4 Å². The number of nitro groups is 2. The fraction of sp³-hybridized carbons (Fsp3) is 0. The molecule has 1 aromatic rings. The van der Waals surface area contributed by atoms with E-state index in [0.29, 0.717) is 6.07 Å². The topological polar surface area (TPSA) is 144 Å². The molecular formula is C7H4KN2O7. The molecule has 0 heterocycles. The number of aromatic hydroxyl groups is 1. The van der Waals surface area contributed by atoms with E-state index >= 15 is 0 Å². The maximum Gasteiger partial charge on any atom is 0.388 e. The van der Waals surface area contributed by atoms with Crippen molar-refractivity contribution in [3.8, 4) is 5.75 Å². The van der Waals surface area contributed by atoms with E-state index in [1.165, 1.54) is 0 Å². The number of nitro benzene ring substituents is 2. The smallest absolute Gasteiger partial charge is 0.388 e. The van der Waals surface area contributed by atoms with Gasteiger partial charge in [0, 0.05) is 57.5 Å². The van der Waals surface area contributed by atoms with Crippen LogP contribution in [-0.2, 0) is 0 Å². The van der Waals surface area contributed by atoms with Crippen molar-refractivity contribution in [3.05, 3.63) is 37.9 Å². The second-order valence-electron chi connectivity index (χ2n) is 2.65. The molecule has 2 N–H and O–H groups in total. The quantitative estimate of drug-likeness (QED) is 0.461. The molecule has 1 rings (SSSR count). The summed E-state index contributed by atoms with van der Waals surface area (Å²) in [5.74, 6) is -2.85. The van der Waals surface area contributed by atoms with Crippen LogP contribution in [0.3, 0.4) is 0 Å². The molecule has 0 amide bonds. The second-order valence-corrected chi connectivity index (χ2v) is 2.65. The van der Waals surface area contributed by atoms with Gasteiger partial charge < -0.3 is 10.2 Å². The number of aromatic carboxylic acids is 1. The van der Waals surface area contributed by atoms with Crippen LogP contribution in [0.25, 0.3) is 0 Å². The first-order valence-electron chi connectivity index (χ1n) is 3.74. The van der Waals surface area contributed by atoms with E-state index < -0.39 is 38.5 Å². The van der Waals surface area contributed by atoms with Crippen LogP contribution in [0.4, 0.5) is 11.4 Å². The van der Waals surface area contributed by atoms with E-state index in [4.69, 9.17) is 5.11 Å². The maximum absolute atomic E-state index is 10.5. The number of rotatable bonds is 3. The largest absolute Gasteiger partial charge is 0.501 e. The van der Waals surface area contributed by atoms with Gasteiger partial charge in [-0.2, -0.15) is 0 Å². The minimum atomic E-state index is -1.62. The SMILES string of the molecule is O=C(O)c1ccc([N+](=O)[O-])c([N+](=O)[O-])c1O.[K]. The van der Waals surface area contributed by atoms with Gasteiger partial charge in [-0.05, 0) is 6.07 Å². The van der Waals surface area contributed by atoms with Crippen LogP contribution >= 0.6 is 0 Å². The van der Waals surface area contributed by atoms with Crippen LogP contribution in [-0.4, -0.2) is 77.4 Å². The Morgan fingerprint density at radius 2 is 1.71 bits per heavy atom. The molecule has 0 fully saturated rings. The molecule has 0 aromatic heterocycles. The minimum absolute atomic E-state index is 0. The van der Waals surface area contributed by atoms with Crippen molar-refractivity contribution in [1.82, 2.24) is 0 Å². The van der Waals surface area contributed by atoms with Gasteiger partial charge in [-0.1, -0.05) is 0 Å². The number of nitrogens with zero attached hydrogens (tertiary/aromatic N) is 2. The molecule has 10 heteroatoms. The molecule has 1 radical (unpaired) electrons. The molecule has 1 aromatic carbocycles. The molecule has 0 aliphatic heterocycles. The molecule has 0 saturated carbocycles. The van der Waals surface area contributed by atoms with E-state index in [9.17, 15) is 30.1 Å². The Hall–Kier alpha value is -1.07. The van der Waals surface area contributed by atoms with E-state index in [-0.39, 0.29) is 51.4 Å². The van der Waals surface area contributed by atoms with Gasteiger partial charge in [0.15, 0.2) is 0 Å². The first-order valence-corrected chi connectivity index (χ1v) is 3.74. The van der Waals surface area contributed by atoms with Crippen LogP contribution < -0.4 is 0 Å². The number of carboxylic acid groups (broad SMARTS) is 1. The molecule has 0 aliphatic rings. The van der Waals surface area contributed by atoms with Crippen LogP contribution in [0.2, 0.25) is 0 Å². The van der Waals surface area contributed by atoms with Gasteiger partial charge in [0.25, 0.3) is 0 Å². The molecule has 9 nitrogen and oxygen atoms in total. The Labute approximate surface area is 136 Å². The number of hydrogen-bond donors (Lipinski definition) is 2. The third kappa shape index (κ3) is 3.20. The van der Waals surface area contributed by atoms with Crippen molar-refractivity contribution in [2.45, 2.75) is 0 Å². The van der Waals surface area contributed by atoms with Gasteiger partial charge in [-0.15, -0.1) is 0 Å². The van der Waals surface area contributed by atoms with Crippen LogP contribution in [0.15, 0.2) is 12.1 Å². The van der Waals surface area contributed by atoms with Gasteiger partial charge in [0.2, 0.25) is 5.75 Å². The van der Waals surface area contributed by atoms with Gasteiger partial charge in [0.05, 0.1) is 9.85 Å². The third-order valence-corrected chi connectivity index (χ3v) is 1.74. The number of carboxylic acids is 1. The van der Waals surface area contributed by atoms with Gasteiger partial charge in [0.1, 0.15) is 5.56 Å². The molecule has 0 saturated heterocycles. The van der Waals surface area contributed by atoms with E-state index in [2.05, 4.69) is 0 Å². The number of hydrogen-bond acceptors (Lipinski definition) is 6. The standard InChI is InChI=1S/C7H4N2O7.K/c10-6-3(7(11)12)1-2-4(8(13)14)5(6)9(15)16;/h1-2,10H,(H,11,12);. The summed E-state index contributed by atoms with van der Waals surface area (Å²) >= 11 is 0. The second kappa shape index (κ2) is 6.02. The summed E-state index contributed by atoms with van der Waals surface area (Å²) in [6, 6.07) is 1.38. The summed E-state index contributed by atoms with van der Waals surface area (Å²) in [5, 5.41) is 38.7. The summed E-state index contributed by atoms with van der Waals surface area (Å²) in [6.45, 7) is 0. The Balaban J connectivity index is 0.00000256. The Morgan fingerprint density at radius 1 is 1.18 bits per heavy atom. The normalized spacial score (nSPS) is 9.18. The number of phenols is 1. The number of benzene rings is 1. The molecule has 0 atom stereocenters. The summed E-state index contributed by atoms with van der Waals surface area (Å²) in [5.41, 5.74) is -2.96. The van der Waals surface area contributed by atoms with Crippen LogP contribution in [0, 0.1) is 20.2 Å². The zero-order valence-corrected chi connectivity index (χ0v) is 11.6. The summed E-state index contributed by atoms with van der Waals surface area (Å²) in [6.07, 6.45) is 0. The predicted octanol–water partition coefficient (Wildman–Crippen LogP) is 0.526. The summed E-state index contributed by atoms with van der Waals surface area (Å²) in [4.78, 5) is 29.1. The van der Waals surface area contributed by atoms with Crippen molar-refractivity contribution in [1.29, 1.82) is 0 Å². The van der Waals surface area contributed by atoms with Crippen molar-refractivity contribution >= 4 is 68.7 Å². The molecule has 85 valence electrons. The van der Waals surface area contributed by atoms with E-state index in [1.54, 1.807) is 0 Å². The molecule has 0 spiro atoms. The zero-order chi connectivity index (χ0) is 12.5. The molecule has 0 bridgehead atoms. The fourth-order valence-corrected chi connectivity index (χ4v) is 1.07. The van der Waals surface area contributed by atoms with Crippen molar-refractivity contribution in [2.24, 2.45) is 0 Å². The monoisotopic (exact) mass is 267 g/mol. The first-order chi connectivity index (χ1) is 7.36. The van der Waals surface area contributed by atoms with Gasteiger partial charge in [-0.3, -0.25) is 20.2 Å². The Kier molecular flexibility index (Phi) is 5.64. The molecule has 17 heavy (non-hydrogen) atoms. The first kappa shape index (κ1) is 15.9. The average Bonchev–Trinajstić information content (AvgIpc) is 2.15. The zero-order valence-electron chi connectivity index (χ0n) is 8.48. The molecular weight excluding hydrogens is 263 g/mol. The van der Waals surface area contributed by atoms with E-state index in [0.717, 1.165) is 6.07 Å².